The zero-order valence-electron chi connectivity index (χ0n) is 26.9. The largest absolute Gasteiger partial charge is 0.394 e. The molecule has 4 nitrogen and oxygen atoms in total. The molecule has 0 aliphatic heterocycles. The maximum absolute atomic E-state index is 12.3. The Hall–Kier alpha value is -1.13. The normalized spacial score (nSPS) is 13.4. The molecule has 1 amide bonds. The highest BCUT2D eigenvalue weighted by atomic mass is 16.3. The SMILES string of the molecule is CCCCC/C=C/CC/C=C/C(O)C(CO)NC(=O)CCCCCCCCCCCCCCCCCCCCC. The summed E-state index contributed by atoms with van der Waals surface area (Å²) >= 11 is 0. The summed E-state index contributed by atoms with van der Waals surface area (Å²) in [5.41, 5.74) is 0. The van der Waals surface area contributed by atoms with Crippen molar-refractivity contribution in [1.29, 1.82) is 0 Å². The Morgan fingerprint density at radius 3 is 1.45 bits per heavy atom. The predicted molar refractivity (Wildman–Crippen MR) is 175 cm³/mol. The summed E-state index contributed by atoms with van der Waals surface area (Å²) in [7, 11) is 0. The average molecular weight is 564 g/mol. The van der Waals surface area contributed by atoms with E-state index in [0.29, 0.717) is 6.42 Å². The molecule has 0 aromatic heterocycles. The maximum atomic E-state index is 12.3. The second-order valence-corrected chi connectivity index (χ2v) is 11.9. The van der Waals surface area contributed by atoms with Crippen molar-refractivity contribution in [2.75, 3.05) is 6.61 Å². The Bertz CT molecular complexity index is 574. The molecular weight excluding hydrogens is 494 g/mol. The number of carbonyl (C=O) groups excluding carboxylic acids is 1. The molecule has 2 atom stereocenters. The van der Waals surface area contributed by atoms with Crippen LogP contribution in [0.3, 0.4) is 0 Å². The second kappa shape index (κ2) is 32.4. The molecule has 0 aliphatic rings. The Balaban J connectivity index is 3.56. The number of rotatable bonds is 31. The lowest BCUT2D eigenvalue weighted by Gasteiger charge is -2.19. The van der Waals surface area contributed by atoms with Crippen molar-refractivity contribution in [2.24, 2.45) is 0 Å². The molecule has 0 saturated carbocycles. The van der Waals surface area contributed by atoms with Gasteiger partial charge in [0, 0.05) is 6.42 Å². The molecule has 0 saturated heterocycles. The third-order valence-electron chi connectivity index (χ3n) is 7.94. The first-order valence-corrected chi connectivity index (χ1v) is 17.6. The number of hydrogen-bond acceptors (Lipinski definition) is 3. The van der Waals surface area contributed by atoms with Crippen LogP contribution in [0.2, 0.25) is 0 Å². The summed E-state index contributed by atoms with van der Waals surface area (Å²) in [4.78, 5) is 12.3. The number of aliphatic hydroxyl groups excluding tert-OH is 2. The van der Waals surface area contributed by atoms with Crippen molar-refractivity contribution in [3.8, 4) is 0 Å². The van der Waals surface area contributed by atoms with E-state index in [4.69, 9.17) is 0 Å². The van der Waals surface area contributed by atoms with Gasteiger partial charge in [0.05, 0.1) is 18.8 Å². The van der Waals surface area contributed by atoms with Gasteiger partial charge in [-0.1, -0.05) is 167 Å². The molecule has 0 fully saturated rings. The van der Waals surface area contributed by atoms with E-state index < -0.39 is 12.1 Å². The summed E-state index contributed by atoms with van der Waals surface area (Å²) in [6.07, 6.45) is 39.8. The van der Waals surface area contributed by atoms with E-state index >= 15 is 0 Å². The predicted octanol–water partition coefficient (Wildman–Crippen LogP) is 10.1. The third-order valence-corrected chi connectivity index (χ3v) is 7.94. The number of nitrogens with one attached hydrogen (secondary N) is 1. The lowest BCUT2D eigenvalue weighted by Crippen LogP contribution is -2.45. The first-order chi connectivity index (χ1) is 19.7. The molecule has 0 bridgehead atoms. The first-order valence-electron chi connectivity index (χ1n) is 17.6. The van der Waals surface area contributed by atoms with Gasteiger partial charge in [-0.3, -0.25) is 4.79 Å². The van der Waals surface area contributed by atoms with Crippen LogP contribution in [0.1, 0.15) is 181 Å². The van der Waals surface area contributed by atoms with Gasteiger partial charge in [0.1, 0.15) is 0 Å². The van der Waals surface area contributed by atoms with Crippen molar-refractivity contribution in [1.82, 2.24) is 5.32 Å². The molecule has 0 heterocycles. The number of unbranched alkanes of at least 4 members (excludes halogenated alkanes) is 22. The molecule has 2 unspecified atom stereocenters. The van der Waals surface area contributed by atoms with Crippen molar-refractivity contribution >= 4 is 5.91 Å². The molecule has 0 radical (unpaired) electrons. The summed E-state index contributed by atoms with van der Waals surface area (Å²) in [6, 6.07) is -0.631. The van der Waals surface area contributed by atoms with Crippen LogP contribution in [0.25, 0.3) is 0 Å². The molecule has 40 heavy (non-hydrogen) atoms. The van der Waals surface area contributed by atoms with Crippen LogP contribution in [-0.4, -0.2) is 34.9 Å². The molecule has 4 heteroatoms. The molecule has 0 spiro atoms. The Morgan fingerprint density at radius 1 is 0.575 bits per heavy atom. The van der Waals surface area contributed by atoms with Crippen LogP contribution in [0.4, 0.5) is 0 Å². The van der Waals surface area contributed by atoms with Crippen LogP contribution in [0.5, 0.6) is 0 Å². The lowest BCUT2D eigenvalue weighted by molar-refractivity contribution is -0.123. The zero-order valence-corrected chi connectivity index (χ0v) is 26.9. The summed E-state index contributed by atoms with van der Waals surface area (Å²) in [5, 5.41) is 22.7. The maximum Gasteiger partial charge on any atom is 0.220 e. The minimum absolute atomic E-state index is 0.0755. The summed E-state index contributed by atoms with van der Waals surface area (Å²) in [6.45, 7) is 4.24. The van der Waals surface area contributed by atoms with Crippen molar-refractivity contribution in [2.45, 2.75) is 193 Å². The van der Waals surface area contributed by atoms with Crippen LogP contribution in [-0.2, 0) is 4.79 Å². The van der Waals surface area contributed by atoms with Gasteiger partial charge in [0.25, 0.3) is 0 Å². The zero-order chi connectivity index (χ0) is 29.4. The van der Waals surface area contributed by atoms with Crippen LogP contribution < -0.4 is 5.32 Å². The van der Waals surface area contributed by atoms with Gasteiger partial charge in [0.15, 0.2) is 0 Å². The molecule has 0 aliphatic carbocycles. The molecule has 0 rings (SSSR count). The molecule has 236 valence electrons. The van der Waals surface area contributed by atoms with Gasteiger partial charge in [-0.05, 0) is 32.1 Å². The van der Waals surface area contributed by atoms with Gasteiger partial charge < -0.3 is 15.5 Å². The number of amides is 1. The van der Waals surface area contributed by atoms with Crippen LogP contribution >= 0.6 is 0 Å². The smallest absolute Gasteiger partial charge is 0.220 e. The van der Waals surface area contributed by atoms with Crippen LogP contribution in [0, 0.1) is 0 Å². The minimum atomic E-state index is -0.854. The highest BCUT2D eigenvalue weighted by Crippen LogP contribution is 2.15. The van der Waals surface area contributed by atoms with Gasteiger partial charge in [-0.25, -0.2) is 0 Å². The Morgan fingerprint density at radius 2 is 0.975 bits per heavy atom. The first kappa shape index (κ1) is 38.9. The van der Waals surface area contributed by atoms with Crippen molar-refractivity contribution in [3.05, 3.63) is 24.3 Å². The standard InChI is InChI=1S/C36H69NO3/c1-3-5-7-9-11-13-14-15-16-17-18-19-20-21-22-24-26-28-30-32-36(40)37-34(33-38)35(39)31-29-27-25-23-12-10-8-6-4-2/h12,23,29,31,34-35,38-39H,3-11,13-22,24-28,30,32-33H2,1-2H3,(H,37,40)/b23-12+,31-29+. The number of aliphatic hydroxyl groups is 2. The van der Waals surface area contributed by atoms with Crippen LogP contribution in [0.15, 0.2) is 24.3 Å². The van der Waals surface area contributed by atoms with E-state index in [0.717, 1.165) is 32.1 Å². The molecule has 0 aromatic rings. The van der Waals surface area contributed by atoms with Gasteiger partial charge in [-0.2, -0.15) is 0 Å². The number of hydrogen-bond donors (Lipinski definition) is 3. The Labute approximate surface area is 249 Å². The topological polar surface area (TPSA) is 69.6 Å². The fraction of sp³-hybridized carbons (Fsp3) is 0.861. The fourth-order valence-electron chi connectivity index (χ4n) is 5.19. The Kier molecular flexibility index (Phi) is 31.5. The summed E-state index contributed by atoms with van der Waals surface area (Å²) in [5.74, 6) is -0.0755. The van der Waals surface area contributed by atoms with E-state index in [1.54, 1.807) is 6.08 Å². The monoisotopic (exact) mass is 564 g/mol. The summed E-state index contributed by atoms with van der Waals surface area (Å²) < 4.78 is 0. The average Bonchev–Trinajstić information content (AvgIpc) is 2.96. The van der Waals surface area contributed by atoms with Gasteiger partial charge in [0.2, 0.25) is 5.91 Å². The fourth-order valence-corrected chi connectivity index (χ4v) is 5.19. The number of allylic oxidation sites excluding steroid dienone is 3. The van der Waals surface area contributed by atoms with E-state index in [-0.39, 0.29) is 12.5 Å². The number of carbonyl (C=O) groups is 1. The molecule has 0 aromatic carbocycles. The van der Waals surface area contributed by atoms with E-state index in [1.807, 2.05) is 6.08 Å². The van der Waals surface area contributed by atoms with Crippen molar-refractivity contribution in [3.63, 3.8) is 0 Å². The highest BCUT2D eigenvalue weighted by molar-refractivity contribution is 5.76. The van der Waals surface area contributed by atoms with Crippen molar-refractivity contribution < 1.29 is 15.0 Å². The second-order valence-electron chi connectivity index (χ2n) is 11.9. The third kappa shape index (κ3) is 28.4. The minimum Gasteiger partial charge on any atom is -0.394 e. The lowest BCUT2D eigenvalue weighted by atomic mass is 10.0. The van der Waals surface area contributed by atoms with Gasteiger partial charge in [-0.15, -0.1) is 0 Å². The van der Waals surface area contributed by atoms with E-state index in [1.165, 1.54) is 128 Å². The van der Waals surface area contributed by atoms with E-state index in [9.17, 15) is 15.0 Å². The van der Waals surface area contributed by atoms with E-state index in [2.05, 4.69) is 31.3 Å². The molecule has 3 N–H and O–H groups in total. The molecular formula is C36H69NO3. The quantitative estimate of drug-likeness (QED) is 0.0580. The van der Waals surface area contributed by atoms with Gasteiger partial charge >= 0.3 is 0 Å². The highest BCUT2D eigenvalue weighted by Gasteiger charge is 2.17.